The van der Waals surface area contributed by atoms with Gasteiger partial charge in [-0.2, -0.15) is 0 Å². The van der Waals surface area contributed by atoms with Crippen molar-refractivity contribution in [2.45, 2.75) is 39.0 Å². The molecule has 1 heterocycles. The van der Waals surface area contributed by atoms with Gasteiger partial charge in [0.15, 0.2) is 5.96 Å². The average Bonchev–Trinajstić information content (AvgIpc) is 3.52. The average molecular weight is 430 g/mol. The van der Waals surface area contributed by atoms with Gasteiger partial charge in [0.05, 0.1) is 23.8 Å². The Morgan fingerprint density at radius 3 is 2.29 bits per heavy atom. The van der Waals surface area contributed by atoms with Crippen molar-refractivity contribution in [2.75, 3.05) is 40.3 Å². The van der Waals surface area contributed by atoms with Crippen LogP contribution in [-0.2, 0) is 14.4 Å². The van der Waals surface area contributed by atoms with Gasteiger partial charge in [-0.25, -0.2) is 0 Å². The molecule has 2 saturated carbocycles. The van der Waals surface area contributed by atoms with Crippen molar-refractivity contribution in [3.8, 4) is 0 Å². The third kappa shape index (κ3) is 3.85. The molecular formula is C23H35N5O3. The topological polar surface area (TPSA) is 94.1 Å². The van der Waals surface area contributed by atoms with E-state index in [0.717, 1.165) is 32.1 Å². The fourth-order valence-corrected chi connectivity index (χ4v) is 6.01. The van der Waals surface area contributed by atoms with E-state index >= 15 is 0 Å². The van der Waals surface area contributed by atoms with Gasteiger partial charge in [-0.3, -0.25) is 24.3 Å². The van der Waals surface area contributed by atoms with Crippen LogP contribution in [-0.4, -0.2) is 73.8 Å². The summed E-state index contributed by atoms with van der Waals surface area (Å²) in [7, 11) is 3.60. The largest absolute Gasteiger partial charge is 0.357 e. The van der Waals surface area contributed by atoms with Crippen LogP contribution in [0.1, 0.15) is 39.0 Å². The van der Waals surface area contributed by atoms with Crippen LogP contribution >= 0.6 is 0 Å². The summed E-state index contributed by atoms with van der Waals surface area (Å²) in [6, 6.07) is 0. The van der Waals surface area contributed by atoms with Gasteiger partial charge >= 0.3 is 0 Å². The van der Waals surface area contributed by atoms with Crippen molar-refractivity contribution in [3.63, 3.8) is 0 Å². The minimum Gasteiger partial charge on any atom is -0.357 e. The highest BCUT2D eigenvalue weighted by Gasteiger charge is 2.58. The Morgan fingerprint density at radius 1 is 1.13 bits per heavy atom. The van der Waals surface area contributed by atoms with Crippen LogP contribution in [0.3, 0.4) is 0 Å². The van der Waals surface area contributed by atoms with Crippen molar-refractivity contribution in [2.24, 2.45) is 34.1 Å². The van der Waals surface area contributed by atoms with Gasteiger partial charge in [0.2, 0.25) is 17.7 Å². The maximum absolute atomic E-state index is 12.8. The number of carbonyl (C=O) groups excluding carboxylic acids is 3. The predicted octanol–water partition coefficient (Wildman–Crippen LogP) is 0.997. The van der Waals surface area contributed by atoms with E-state index in [9.17, 15) is 14.4 Å². The second-order valence-electron chi connectivity index (χ2n) is 9.64. The van der Waals surface area contributed by atoms with Gasteiger partial charge in [-0.05, 0) is 38.0 Å². The third-order valence-corrected chi connectivity index (χ3v) is 7.49. The molecule has 0 spiro atoms. The van der Waals surface area contributed by atoms with Crippen molar-refractivity contribution < 1.29 is 14.4 Å². The van der Waals surface area contributed by atoms with Crippen LogP contribution in [0.4, 0.5) is 0 Å². The number of guanidine groups is 1. The van der Waals surface area contributed by atoms with Crippen molar-refractivity contribution in [1.82, 2.24) is 20.4 Å². The molecule has 8 heteroatoms. The zero-order valence-corrected chi connectivity index (χ0v) is 18.9. The summed E-state index contributed by atoms with van der Waals surface area (Å²) in [5.41, 5.74) is -0.420. The fraction of sp³-hybridized carbons (Fsp3) is 0.739. The number of aliphatic imine (C=N–C) groups is 1. The number of nitrogens with one attached hydrogen (secondary N) is 2. The Kier molecular flexibility index (Phi) is 6.08. The molecule has 3 aliphatic carbocycles. The number of rotatable bonds is 7. The first-order valence-electron chi connectivity index (χ1n) is 11.7. The fourth-order valence-electron chi connectivity index (χ4n) is 6.01. The number of hydrogen-bond donors (Lipinski definition) is 2. The predicted molar refractivity (Wildman–Crippen MR) is 118 cm³/mol. The molecule has 1 saturated heterocycles. The SMILES string of the molecule is CCNC(=NCC1(C(=O)N(C)C)CCCC1)NCCN1C(=O)C2C3C=CC(C3)C2C1=O. The highest BCUT2D eigenvalue weighted by atomic mass is 16.2. The summed E-state index contributed by atoms with van der Waals surface area (Å²) in [4.78, 5) is 46.3. The minimum absolute atomic E-state index is 0.0166. The van der Waals surface area contributed by atoms with Crippen molar-refractivity contribution in [1.29, 1.82) is 0 Å². The number of imide groups is 1. The number of fused-ring (bicyclic) bond motifs is 5. The number of carbonyl (C=O) groups is 3. The minimum atomic E-state index is -0.420. The molecule has 1 aliphatic heterocycles. The number of amides is 3. The van der Waals surface area contributed by atoms with Crippen molar-refractivity contribution >= 4 is 23.7 Å². The van der Waals surface area contributed by atoms with Crippen LogP contribution in [0.2, 0.25) is 0 Å². The molecule has 2 bridgehead atoms. The van der Waals surface area contributed by atoms with E-state index in [1.165, 1.54) is 4.90 Å². The lowest BCUT2D eigenvalue weighted by Crippen LogP contribution is -2.45. The number of hydrogen-bond acceptors (Lipinski definition) is 4. The van der Waals surface area contributed by atoms with E-state index in [0.29, 0.717) is 32.1 Å². The summed E-state index contributed by atoms with van der Waals surface area (Å²) in [6.45, 7) is 3.92. The van der Waals surface area contributed by atoms with Gasteiger partial charge in [0.25, 0.3) is 0 Å². The quantitative estimate of drug-likeness (QED) is 0.273. The lowest BCUT2D eigenvalue weighted by atomic mass is 9.85. The summed E-state index contributed by atoms with van der Waals surface area (Å²) in [6.07, 6.45) is 9.01. The number of likely N-dealkylation sites (tertiary alicyclic amines) is 1. The molecule has 31 heavy (non-hydrogen) atoms. The smallest absolute Gasteiger partial charge is 0.233 e. The standard InChI is InChI=1S/C23H35N5O3/c1-4-24-22(26-14-23(9-5-6-10-23)21(31)27(2)3)25-11-12-28-19(29)17-15-7-8-16(13-15)18(17)20(28)30/h7-8,15-18H,4-6,9-14H2,1-3H3,(H2,24,25,26). The summed E-state index contributed by atoms with van der Waals surface area (Å²) in [5, 5.41) is 6.47. The Balaban J connectivity index is 1.35. The van der Waals surface area contributed by atoms with Crippen LogP contribution in [0.15, 0.2) is 17.1 Å². The lowest BCUT2D eigenvalue weighted by molar-refractivity contribution is -0.141. The molecule has 0 aromatic carbocycles. The maximum Gasteiger partial charge on any atom is 0.233 e. The first-order valence-corrected chi connectivity index (χ1v) is 11.7. The highest BCUT2D eigenvalue weighted by molar-refractivity contribution is 6.06. The first-order chi connectivity index (χ1) is 14.9. The van der Waals surface area contributed by atoms with Crippen molar-refractivity contribution in [3.05, 3.63) is 12.2 Å². The Labute approximate surface area is 184 Å². The van der Waals surface area contributed by atoms with Crippen LogP contribution < -0.4 is 10.6 Å². The van der Waals surface area contributed by atoms with E-state index in [1.807, 2.05) is 6.92 Å². The molecule has 4 unspecified atom stereocenters. The van der Waals surface area contributed by atoms with E-state index in [2.05, 4.69) is 22.8 Å². The normalized spacial score (nSPS) is 30.8. The van der Waals surface area contributed by atoms with Crippen LogP contribution in [0.5, 0.6) is 0 Å². The van der Waals surface area contributed by atoms with E-state index in [1.54, 1.807) is 19.0 Å². The lowest BCUT2D eigenvalue weighted by Gasteiger charge is -2.29. The second kappa shape index (κ2) is 8.63. The first kappa shape index (κ1) is 21.8. The molecule has 0 aromatic heterocycles. The molecular weight excluding hydrogens is 394 g/mol. The molecule has 0 aromatic rings. The highest BCUT2D eigenvalue weighted by Crippen LogP contribution is 2.52. The zero-order valence-electron chi connectivity index (χ0n) is 18.9. The monoisotopic (exact) mass is 429 g/mol. The summed E-state index contributed by atoms with van der Waals surface area (Å²) >= 11 is 0. The van der Waals surface area contributed by atoms with E-state index in [-0.39, 0.29) is 41.4 Å². The van der Waals surface area contributed by atoms with Crippen LogP contribution in [0, 0.1) is 29.1 Å². The van der Waals surface area contributed by atoms with Gasteiger partial charge in [-0.15, -0.1) is 0 Å². The molecule has 3 fully saturated rings. The molecule has 2 N–H and O–H groups in total. The molecule has 4 atom stereocenters. The molecule has 170 valence electrons. The van der Waals surface area contributed by atoms with E-state index < -0.39 is 5.41 Å². The van der Waals surface area contributed by atoms with Crippen LogP contribution in [0.25, 0.3) is 0 Å². The van der Waals surface area contributed by atoms with Gasteiger partial charge < -0.3 is 15.5 Å². The second-order valence-corrected chi connectivity index (χ2v) is 9.64. The molecule has 4 aliphatic rings. The Hall–Kier alpha value is -2.38. The molecule has 8 nitrogen and oxygen atoms in total. The summed E-state index contributed by atoms with van der Waals surface area (Å²) < 4.78 is 0. The van der Waals surface area contributed by atoms with Gasteiger partial charge in [0, 0.05) is 33.7 Å². The third-order valence-electron chi connectivity index (χ3n) is 7.49. The Bertz CT molecular complexity index is 769. The number of nitrogens with zero attached hydrogens (tertiary/aromatic N) is 3. The Morgan fingerprint density at radius 2 is 1.74 bits per heavy atom. The maximum atomic E-state index is 12.8. The molecule has 3 amide bonds. The zero-order chi connectivity index (χ0) is 22.2. The van der Waals surface area contributed by atoms with Gasteiger partial charge in [-0.1, -0.05) is 25.0 Å². The number of allylic oxidation sites excluding steroid dienone is 2. The van der Waals surface area contributed by atoms with Gasteiger partial charge in [0.1, 0.15) is 0 Å². The molecule has 4 rings (SSSR count). The summed E-state index contributed by atoms with van der Waals surface area (Å²) in [5.74, 6) is 0.913. The van der Waals surface area contributed by atoms with E-state index in [4.69, 9.17) is 4.99 Å². The molecule has 0 radical (unpaired) electrons.